The predicted octanol–water partition coefficient (Wildman–Crippen LogP) is 12.4. The number of rotatable bonds is 16. The maximum absolute atomic E-state index is 13.7. The van der Waals surface area contributed by atoms with Crippen molar-refractivity contribution in [1.29, 1.82) is 0 Å². The predicted molar refractivity (Wildman–Crippen MR) is 206 cm³/mol. The van der Waals surface area contributed by atoms with E-state index in [4.69, 9.17) is 14.5 Å². The fraction of sp³-hybridized carbons (Fsp3) is 0.468. The largest absolute Gasteiger partial charge is 0.451 e. The van der Waals surface area contributed by atoms with Crippen LogP contribution in [0.1, 0.15) is 135 Å². The normalized spacial score (nSPS) is 21.8. The summed E-state index contributed by atoms with van der Waals surface area (Å²) in [6, 6.07) is 36.5. The number of carbonyl (C=O) groups is 1. The summed E-state index contributed by atoms with van der Waals surface area (Å²) in [7, 11) is 0. The molecule has 0 aromatic heterocycles. The van der Waals surface area contributed by atoms with Crippen LogP contribution in [-0.2, 0) is 34.0 Å². The zero-order valence-corrected chi connectivity index (χ0v) is 30.9. The molecule has 2 fully saturated rings. The lowest BCUT2D eigenvalue weighted by Gasteiger charge is -2.28. The van der Waals surface area contributed by atoms with Crippen LogP contribution in [-0.4, -0.2) is 5.97 Å². The van der Waals surface area contributed by atoms with Crippen molar-refractivity contribution in [2.75, 3.05) is 0 Å². The van der Waals surface area contributed by atoms with E-state index in [1.54, 1.807) is 0 Å². The maximum atomic E-state index is 13.7. The molecule has 51 heavy (non-hydrogen) atoms. The van der Waals surface area contributed by atoms with E-state index in [1.165, 1.54) is 81.8 Å². The van der Waals surface area contributed by atoms with E-state index < -0.39 is 12.2 Å². The Labute approximate surface area is 306 Å². The Balaban J connectivity index is 1.09. The number of ether oxygens (including phenoxy) is 1. The van der Waals surface area contributed by atoms with Crippen LogP contribution in [0.4, 0.5) is 0 Å². The van der Waals surface area contributed by atoms with Crippen molar-refractivity contribution in [3.8, 4) is 0 Å². The van der Waals surface area contributed by atoms with E-state index >= 15 is 0 Å². The van der Waals surface area contributed by atoms with Crippen molar-refractivity contribution < 1.29 is 19.3 Å². The van der Waals surface area contributed by atoms with Gasteiger partial charge in [-0.15, -0.1) is 0 Å². The summed E-state index contributed by atoms with van der Waals surface area (Å²) in [5.41, 5.74) is 5.98. The number of hydrogen-bond acceptors (Lipinski definition) is 4. The lowest BCUT2D eigenvalue weighted by atomic mass is 9.78. The highest BCUT2D eigenvalue weighted by atomic mass is 17.2. The third kappa shape index (κ3) is 10.9. The van der Waals surface area contributed by atoms with Gasteiger partial charge in [0.2, 0.25) is 0 Å². The SMILES string of the molecule is CCCC1CCC(Cc2ccc(COO[C@H](c3ccccc3)[C@H](OC(=O)c3ccc(CC4CCC(CC)CC4)cc3)c3ccccc3)cc2)CC1. The zero-order chi connectivity index (χ0) is 35.3. The Kier molecular flexibility index (Phi) is 13.9. The first-order valence-electron chi connectivity index (χ1n) is 19.8. The van der Waals surface area contributed by atoms with Gasteiger partial charge in [-0.2, -0.15) is 0 Å². The molecule has 0 radical (unpaired) electrons. The lowest BCUT2D eigenvalue weighted by molar-refractivity contribution is -0.350. The fourth-order valence-corrected chi connectivity index (χ4v) is 8.42. The Bertz CT molecular complexity index is 1570. The first kappa shape index (κ1) is 37.0. The molecule has 0 unspecified atom stereocenters. The zero-order valence-electron chi connectivity index (χ0n) is 30.9. The average molecular weight is 687 g/mol. The topological polar surface area (TPSA) is 44.8 Å². The molecule has 270 valence electrons. The van der Waals surface area contributed by atoms with Crippen molar-refractivity contribution >= 4 is 5.97 Å². The monoisotopic (exact) mass is 686 g/mol. The second kappa shape index (κ2) is 19.2. The summed E-state index contributed by atoms with van der Waals surface area (Å²) < 4.78 is 6.32. The first-order valence-corrected chi connectivity index (χ1v) is 19.8. The Hall–Kier alpha value is -3.73. The standard InChI is InChI=1S/C47H58O4/c1-3-11-36-18-22-38(23-19-36)32-39-24-26-41(27-25-39)34-49-51-46(43-14-9-6-10-15-43)45(42-12-7-5-8-13-42)50-47(48)44-30-28-40(29-31-44)33-37-20-16-35(4-2)17-21-37/h5-10,12-15,24-31,35-38,45-46H,3-4,11,16-23,32-34H2,1-2H3/t35?,36?,37?,38?,45-,46-/m1/s1. The molecule has 0 bridgehead atoms. The molecule has 4 nitrogen and oxygen atoms in total. The molecule has 2 aliphatic carbocycles. The minimum absolute atomic E-state index is 0.294. The maximum Gasteiger partial charge on any atom is 0.338 e. The number of esters is 1. The number of carbonyl (C=O) groups excluding carboxylic acids is 1. The quantitative estimate of drug-likeness (QED) is 0.0668. The molecule has 4 aromatic carbocycles. The van der Waals surface area contributed by atoms with E-state index in [0.717, 1.165) is 53.2 Å². The van der Waals surface area contributed by atoms with Gasteiger partial charge in [-0.25, -0.2) is 14.6 Å². The van der Waals surface area contributed by atoms with Gasteiger partial charge in [0, 0.05) is 0 Å². The molecule has 0 spiro atoms. The molecule has 6 rings (SSSR count). The van der Waals surface area contributed by atoms with Gasteiger partial charge in [0.15, 0.2) is 12.2 Å². The van der Waals surface area contributed by atoms with Crippen molar-refractivity contribution in [3.05, 3.63) is 143 Å². The van der Waals surface area contributed by atoms with Gasteiger partial charge in [0.25, 0.3) is 0 Å². The summed E-state index contributed by atoms with van der Waals surface area (Å²) in [5, 5.41) is 0. The van der Waals surface area contributed by atoms with Crippen LogP contribution in [0.2, 0.25) is 0 Å². The summed E-state index contributed by atoms with van der Waals surface area (Å²) in [6.07, 6.45) is 15.6. The molecule has 0 saturated heterocycles. The van der Waals surface area contributed by atoms with Crippen LogP contribution in [0.15, 0.2) is 109 Å². The first-order chi connectivity index (χ1) is 25.1. The Morgan fingerprint density at radius 1 is 0.569 bits per heavy atom. The van der Waals surface area contributed by atoms with E-state index in [1.807, 2.05) is 72.8 Å². The van der Waals surface area contributed by atoms with Gasteiger partial charge in [0.1, 0.15) is 6.61 Å². The highest BCUT2D eigenvalue weighted by Gasteiger charge is 2.31. The molecular formula is C47H58O4. The highest BCUT2D eigenvalue weighted by molar-refractivity contribution is 5.89. The van der Waals surface area contributed by atoms with Crippen LogP contribution < -0.4 is 0 Å². The molecule has 0 amide bonds. The molecular weight excluding hydrogens is 629 g/mol. The number of benzene rings is 4. The van der Waals surface area contributed by atoms with Gasteiger partial charge in [-0.3, -0.25) is 0 Å². The van der Waals surface area contributed by atoms with Crippen molar-refractivity contribution in [3.63, 3.8) is 0 Å². The second-order valence-corrected chi connectivity index (χ2v) is 15.3. The van der Waals surface area contributed by atoms with Gasteiger partial charge in [0.05, 0.1) is 5.56 Å². The lowest BCUT2D eigenvalue weighted by Crippen LogP contribution is -2.21. The highest BCUT2D eigenvalue weighted by Crippen LogP contribution is 2.37. The minimum atomic E-state index is -0.718. The van der Waals surface area contributed by atoms with E-state index in [9.17, 15) is 4.79 Å². The number of hydrogen-bond donors (Lipinski definition) is 0. The molecule has 2 atom stereocenters. The van der Waals surface area contributed by atoms with Crippen LogP contribution in [0.25, 0.3) is 0 Å². The molecule has 2 saturated carbocycles. The van der Waals surface area contributed by atoms with Gasteiger partial charge >= 0.3 is 5.97 Å². The smallest absolute Gasteiger partial charge is 0.338 e. The van der Waals surface area contributed by atoms with Crippen molar-refractivity contribution in [1.82, 2.24) is 0 Å². The molecule has 0 heterocycles. The van der Waals surface area contributed by atoms with E-state index in [-0.39, 0.29) is 5.97 Å². The second-order valence-electron chi connectivity index (χ2n) is 15.3. The average Bonchev–Trinajstić information content (AvgIpc) is 3.18. The van der Waals surface area contributed by atoms with Crippen molar-refractivity contribution in [2.24, 2.45) is 23.7 Å². The van der Waals surface area contributed by atoms with Gasteiger partial charge < -0.3 is 4.74 Å². The van der Waals surface area contributed by atoms with E-state index in [0.29, 0.717) is 12.2 Å². The third-order valence-electron chi connectivity index (χ3n) is 11.6. The Morgan fingerprint density at radius 3 is 1.57 bits per heavy atom. The molecule has 4 aromatic rings. The Morgan fingerprint density at radius 2 is 1.04 bits per heavy atom. The molecule has 4 heteroatoms. The summed E-state index contributed by atoms with van der Waals surface area (Å²) in [5.74, 6) is 2.98. The van der Waals surface area contributed by atoms with Gasteiger partial charge in [-0.05, 0) is 102 Å². The van der Waals surface area contributed by atoms with Crippen LogP contribution in [0.5, 0.6) is 0 Å². The third-order valence-corrected chi connectivity index (χ3v) is 11.6. The van der Waals surface area contributed by atoms with E-state index in [2.05, 4.69) is 50.2 Å². The molecule has 0 aliphatic heterocycles. The van der Waals surface area contributed by atoms with Gasteiger partial charge in [-0.1, -0.05) is 156 Å². The van der Waals surface area contributed by atoms with Crippen LogP contribution in [0, 0.1) is 23.7 Å². The summed E-state index contributed by atoms with van der Waals surface area (Å²) in [4.78, 5) is 25.9. The van der Waals surface area contributed by atoms with Crippen molar-refractivity contribution in [2.45, 2.75) is 116 Å². The fourth-order valence-electron chi connectivity index (χ4n) is 8.42. The molecule has 2 aliphatic rings. The summed E-state index contributed by atoms with van der Waals surface area (Å²) in [6.45, 7) is 4.91. The molecule has 0 N–H and O–H groups in total. The van der Waals surface area contributed by atoms with Crippen LogP contribution >= 0.6 is 0 Å². The van der Waals surface area contributed by atoms with Crippen LogP contribution in [0.3, 0.4) is 0 Å². The summed E-state index contributed by atoms with van der Waals surface area (Å²) >= 11 is 0. The minimum Gasteiger partial charge on any atom is -0.451 e.